The molecule has 3 aromatic rings. The van der Waals surface area contributed by atoms with Crippen molar-refractivity contribution in [3.8, 4) is 11.1 Å². The molecule has 2 aromatic heterocycles. The molecule has 3 heterocycles. The molecule has 1 atom stereocenters. The van der Waals surface area contributed by atoms with Crippen LogP contribution in [0.4, 0.5) is 4.79 Å². The Morgan fingerprint density at radius 2 is 2.16 bits per heavy atom. The Bertz CT molecular complexity index is 1250. The van der Waals surface area contributed by atoms with Crippen LogP contribution in [0.5, 0.6) is 0 Å². The van der Waals surface area contributed by atoms with Crippen LogP contribution in [0.3, 0.4) is 0 Å². The second kappa shape index (κ2) is 8.68. The van der Waals surface area contributed by atoms with E-state index in [0.717, 1.165) is 20.5 Å². The molecule has 0 bridgehead atoms. The SMILES string of the molecule is O=C1CC[C@@H](CN(Cc2cnc3cc(-c4cccc(Br)c4Cl)ccn3c2=O)C(=O)O)N1. The van der Waals surface area contributed by atoms with E-state index < -0.39 is 6.09 Å². The van der Waals surface area contributed by atoms with Crippen LogP contribution in [0.2, 0.25) is 5.02 Å². The molecule has 1 saturated heterocycles. The lowest BCUT2D eigenvalue weighted by molar-refractivity contribution is -0.119. The van der Waals surface area contributed by atoms with E-state index in [1.165, 1.54) is 10.6 Å². The van der Waals surface area contributed by atoms with Crippen LogP contribution in [0.25, 0.3) is 16.8 Å². The van der Waals surface area contributed by atoms with Crippen LogP contribution in [-0.2, 0) is 11.3 Å². The molecule has 2 amide bonds. The van der Waals surface area contributed by atoms with Crippen molar-refractivity contribution in [2.45, 2.75) is 25.4 Å². The van der Waals surface area contributed by atoms with Crippen LogP contribution in [-0.4, -0.2) is 44.0 Å². The summed E-state index contributed by atoms with van der Waals surface area (Å²) in [5.74, 6) is -0.0934. The lowest BCUT2D eigenvalue weighted by Gasteiger charge is -2.22. The Morgan fingerprint density at radius 1 is 1.35 bits per heavy atom. The minimum Gasteiger partial charge on any atom is -0.465 e. The number of aromatic nitrogens is 2. The molecular formula is C21H18BrClN4O4. The normalized spacial score (nSPS) is 15.8. The second-order valence-electron chi connectivity index (χ2n) is 7.30. The monoisotopic (exact) mass is 504 g/mol. The third-order valence-corrected chi connectivity index (χ3v) is 6.50. The van der Waals surface area contributed by atoms with Crippen LogP contribution >= 0.6 is 27.5 Å². The van der Waals surface area contributed by atoms with Crippen molar-refractivity contribution in [1.82, 2.24) is 19.6 Å². The molecule has 0 unspecified atom stereocenters. The maximum atomic E-state index is 12.9. The van der Waals surface area contributed by atoms with Gasteiger partial charge in [-0.1, -0.05) is 23.7 Å². The first-order chi connectivity index (χ1) is 14.8. The van der Waals surface area contributed by atoms with E-state index in [0.29, 0.717) is 23.5 Å². The van der Waals surface area contributed by atoms with Gasteiger partial charge in [0, 0.05) is 41.4 Å². The second-order valence-corrected chi connectivity index (χ2v) is 8.53. The number of amides is 2. The molecule has 0 spiro atoms. The number of rotatable bonds is 5. The van der Waals surface area contributed by atoms with Crippen molar-refractivity contribution >= 4 is 45.2 Å². The molecule has 1 aliphatic rings. The first kappa shape index (κ1) is 21.3. The Kier molecular flexibility index (Phi) is 5.97. The van der Waals surface area contributed by atoms with Gasteiger partial charge >= 0.3 is 6.09 Å². The summed E-state index contributed by atoms with van der Waals surface area (Å²) in [6.45, 7) is -0.000766. The zero-order valence-corrected chi connectivity index (χ0v) is 18.6. The molecule has 0 aliphatic carbocycles. The molecule has 4 rings (SSSR count). The minimum atomic E-state index is -1.16. The highest BCUT2D eigenvalue weighted by Crippen LogP contribution is 2.33. The van der Waals surface area contributed by atoms with E-state index in [-0.39, 0.29) is 36.2 Å². The fourth-order valence-electron chi connectivity index (χ4n) is 3.61. The quantitative estimate of drug-likeness (QED) is 0.552. The van der Waals surface area contributed by atoms with Crippen molar-refractivity contribution in [2.24, 2.45) is 0 Å². The van der Waals surface area contributed by atoms with E-state index in [1.807, 2.05) is 18.2 Å². The first-order valence-electron chi connectivity index (χ1n) is 9.55. The first-order valence-corrected chi connectivity index (χ1v) is 10.7. The summed E-state index contributed by atoms with van der Waals surface area (Å²) >= 11 is 9.78. The smallest absolute Gasteiger partial charge is 0.407 e. The van der Waals surface area contributed by atoms with Gasteiger partial charge in [-0.2, -0.15) is 0 Å². The van der Waals surface area contributed by atoms with Gasteiger partial charge in [0.05, 0.1) is 17.1 Å². The molecule has 160 valence electrons. The third-order valence-electron chi connectivity index (χ3n) is 5.20. The van der Waals surface area contributed by atoms with Crippen molar-refractivity contribution in [3.05, 3.63) is 68.1 Å². The van der Waals surface area contributed by atoms with Gasteiger partial charge < -0.3 is 15.3 Å². The standard InChI is InChI=1S/C21H18BrClN4O4/c22-16-3-1-2-15(19(16)23)12-6-7-27-17(8-12)24-9-13(20(27)29)10-26(21(30)31)11-14-4-5-18(28)25-14/h1-3,6-9,14H,4-5,10-11H2,(H,25,28)(H,30,31)/t14-/m0/s1. The Morgan fingerprint density at radius 3 is 2.87 bits per heavy atom. The van der Waals surface area contributed by atoms with Gasteiger partial charge in [-0.3, -0.25) is 14.0 Å². The average molecular weight is 506 g/mol. The number of carbonyl (C=O) groups excluding carboxylic acids is 1. The summed E-state index contributed by atoms with van der Waals surface area (Å²) in [6, 6.07) is 8.84. The number of pyridine rings is 1. The van der Waals surface area contributed by atoms with Crippen LogP contribution in [0.1, 0.15) is 18.4 Å². The molecular weight excluding hydrogens is 488 g/mol. The Labute approximate surface area is 190 Å². The van der Waals surface area contributed by atoms with Gasteiger partial charge in [0.15, 0.2) is 0 Å². The fourth-order valence-corrected chi connectivity index (χ4v) is 4.21. The summed E-state index contributed by atoms with van der Waals surface area (Å²) in [5.41, 5.74) is 1.92. The molecule has 10 heteroatoms. The Balaban J connectivity index is 1.63. The van der Waals surface area contributed by atoms with Crippen LogP contribution < -0.4 is 10.9 Å². The highest BCUT2D eigenvalue weighted by atomic mass is 79.9. The van der Waals surface area contributed by atoms with E-state index in [1.54, 1.807) is 18.3 Å². The predicted octanol–water partition coefficient (Wildman–Crippen LogP) is 3.54. The molecule has 1 fully saturated rings. The molecule has 2 N–H and O–H groups in total. The summed E-state index contributed by atoms with van der Waals surface area (Å²) < 4.78 is 2.14. The topological polar surface area (TPSA) is 104 Å². The van der Waals surface area contributed by atoms with E-state index >= 15 is 0 Å². The van der Waals surface area contributed by atoms with Gasteiger partial charge in [-0.25, -0.2) is 9.78 Å². The van der Waals surface area contributed by atoms with Crippen molar-refractivity contribution in [3.63, 3.8) is 0 Å². The lowest BCUT2D eigenvalue weighted by atomic mass is 10.1. The minimum absolute atomic E-state index is 0.0934. The molecule has 31 heavy (non-hydrogen) atoms. The highest BCUT2D eigenvalue weighted by Gasteiger charge is 2.26. The summed E-state index contributed by atoms with van der Waals surface area (Å²) in [7, 11) is 0. The van der Waals surface area contributed by atoms with Gasteiger partial charge in [-0.15, -0.1) is 0 Å². The number of fused-ring (bicyclic) bond motifs is 1. The molecule has 8 nitrogen and oxygen atoms in total. The number of carboxylic acid groups (broad SMARTS) is 1. The van der Waals surface area contributed by atoms with E-state index in [4.69, 9.17) is 11.6 Å². The summed E-state index contributed by atoms with van der Waals surface area (Å²) in [5, 5.41) is 12.8. The van der Waals surface area contributed by atoms with Gasteiger partial charge in [-0.05, 0) is 46.1 Å². The van der Waals surface area contributed by atoms with E-state index in [9.17, 15) is 19.5 Å². The summed E-state index contributed by atoms with van der Waals surface area (Å²) in [4.78, 5) is 41.5. The number of halogens is 2. The van der Waals surface area contributed by atoms with Crippen molar-refractivity contribution < 1.29 is 14.7 Å². The maximum Gasteiger partial charge on any atom is 0.407 e. The fraction of sp³-hybridized carbons (Fsp3) is 0.238. The number of hydrogen-bond acceptors (Lipinski definition) is 4. The number of nitrogens with zero attached hydrogens (tertiary/aromatic N) is 3. The number of benzene rings is 1. The third kappa shape index (κ3) is 4.42. The predicted molar refractivity (Wildman–Crippen MR) is 119 cm³/mol. The van der Waals surface area contributed by atoms with Gasteiger partial charge in [0.1, 0.15) is 5.65 Å². The zero-order chi connectivity index (χ0) is 22.1. The molecule has 1 aromatic carbocycles. The van der Waals surface area contributed by atoms with Crippen molar-refractivity contribution in [2.75, 3.05) is 6.54 Å². The highest BCUT2D eigenvalue weighted by molar-refractivity contribution is 9.10. The van der Waals surface area contributed by atoms with Gasteiger partial charge in [0.2, 0.25) is 5.91 Å². The average Bonchev–Trinajstić information content (AvgIpc) is 3.15. The molecule has 1 aliphatic heterocycles. The van der Waals surface area contributed by atoms with Crippen LogP contribution in [0.15, 0.2) is 52.0 Å². The molecule has 0 saturated carbocycles. The lowest BCUT2D eigenvalue weighted by Crippen LogP contribution is -2.42. The van der Waals surface area contributed by atoms with Crippen molar-refractivity contribution in [1.29, 1.82) is 0 Å². The summed E-state index contributed by atoms with van der Waals surface area (Å²) in [6.07, 6.45) is 2.78. The maximum absolute atomic E-state index is 12.9. The number of nitrogens with one attached hydrogen (secondary N) is 1. The van der Waals surface area contributed by atoms with Gasteiger partial charge in [0.25, 0.3) is 5.56 Å². The Hall–Kier alpha value is -2.91. The number of hydrogen-bond donors (Lipinski definition) is 2. The molecule has 0 radical (unpaired) electrons. The zero-order valence-electron chi connectivity index (χ0n) is 16.2. The number of carbonyl (C=O) groups is 2. The van der Waals surface area contributed by atoms with E-state index in [2.05, 4.69) is 26.2 Å². The largest absolute Gasteiger partial charge is 0.465 e. The van der Waals surface area contributed by atoms with Crippen LogP contribution in [0, 0.1) is 0 Å².